The summed E-state index contributed by atoms with van der Waals surface area (Å²) in [5, 5.41) is 31.0. The maximum absolute atomic E-state index is 12.8. The number of carbonyl (C=O) groups is 1. The lowest BCUT2D eigenvalue weighted by Crippen LogP contribution is -2.38. The Morgan fingerprint density at radius 3 is 2.69 bits per heavy atom. The first-order valence-electron chi connectivity index (χ1n) is 9.13. The minimum atomic E-state index is -1.43. The van der Waals surface area contributed by atoms with E-state index >= 15 is 0 Å². The van der Waals surface area contributed by atoms with Gasteiger partial charge in [-0.15, -0.1) is 0 Å². The van der Waals surface area contributed by atoms with E-state index in [1.165, 1.54) is 20.1 Å². The van der Waals surface area contributed by atoms with Gasteiger partial charge in [0.25, 0.3) is 0 Å². The van der Waals surface area contributed by atoms with Crippen molar-refractivity contribution in [1.82, 2.24) is 0 Å². The fourth-order valence-electron chi connectivity index (χ4n) is 3.70. The number of ether oxygens (including phenoxy) is 4. The van der Waals surface area contributed by atoms with Crippen LogP contribution in [0.1, 0.15) is 40.1 Å². The van der Waals surface area contributed by atoms with Crippen molar-refractivity contribution < 1.29 is 39.1 Å². The maximum atomic E-state index is 12.8. The van der Waals surface area contributed by atoms with Gasteiger partial charge in [-0.25, -0.2) is 4.79 Å². The Kier molecular flexibility index (Phi) is 4.65. The summed E-state index contributed by atoms with van der Waals surface area (Å²) in [7, 11) is 1.37. The summed E-state index contributed by atoms with van der Waals surface area (Å²) in [4.78, 5) is 12.8. The molecular weight excluding hydrogens is 380 g/mol. The molecule has 0 saturated carbocycles. The molecule has 0 amide bonds. The van der Waals surface area contributed by atoms with Gasteiger partial charge in [-0.2, -0.15) is 0 Å². The van der Waals surface area contributed by atoms with Crippen LogP contribution in [0.25, 0.3) is 0 Å². The zero-order valence-electron chi connectivity index (χ0n) is 16.3. The summed E-state index contributed by atoms with van der Waals surface area (Å²) in [6.45, 7) is 3.12. The second kappa shape index (κ2) is 6.91. The molecule has 2 heterocycles. The molecule has 2 aromatic rings. The van der Waals surface area contributed by atoms with Crippen molar-refractivity contribution in [2.75, 3.05) is 13.7 Å². The fraction of sp³-hybridized carbons (Fsp3) is 0.381. The van der Waals surface area contributed by atoms with E-state index in [0.29, 0.717) is 11.1 Å². The van der Waals surface area contributed by atoms with Gasteiger partial charge in [0.15, 0.2) is 11.5 Å². The summed E-state index contributed by atoms with van der Waals surface area (Å²) >= 11 is 0. The highest BCUT2D eigenvalue weighted by Gasteiger charge is 2.46. The molecule has 0 bridgehead atoms. The third-order valence-corrected chi connectivity index (χ3v) is 5.21. The number of phenols is 1. The number of rotatable bonds is 2. The Balaban J connectivity index is 1.84. The van der Waals surface area contributed by atoms with Crippen LogP contribution in [0.15, 0.2) is 24.3 Å². The molecule has 2 aliphatic heterocycles. The van der Waals surface area contributed by atoms with E-state index in [0.717, 1.165) is 5.56 Å². The fourth-order valence-corrected chi connectivity index (χ4v) is 3.70. The van der Waals surface area contributed by atoms with Gasteiger partial charge in [-0.05, 0) is 43.7 Å². The SMILES string of the molecule is COc1c([C@@H]2OC[C@@](C)(O)[C@H]2O)ccc2c1C(=O)OCc1cc(C)cc(O)c1O2. The van der Waals surface area contributed by atoms with Crippen LogP contribution >= 0.6 is 0 Å². The van der Waals surface area contributed by atoms with E-state index in [1.54, 1.807) is 18.2 Å². The number of hydrogen-bond acceptors (Lipinski definition) is 8. The highest BCUT2D eigenvalue weighted by Crippen LogP contribution is 2.46. The first kappa shape index (κ1) is 19.5. The van der Waals surface area contributed by atoms with E-state index in [1.807, 2.05) is 6.92 Å². The van der Waals surface area contributed by atoms with Gasteiger partial charge < -0.3 is 34.3 Å². The minimum absolute atomic E-state index is 0.0120. The van der Waals surface area contributed by atoms with Crippen LogP contribution in [0.5, 0.6) is 23.0 Å². The number of esters is 1. The molecule has 0 unspecified atom stereocenters. The Morgan fingerprint density at radius 1 is 1.28 bits per heavy atom. The molecule has 1 saturated heterocycles. The lowest BCUT2D eigenvalue weighted by molar-refractivity contribution is -0.0365. The molecule has 0 aromatic heterocycles. The van der Waals surface area contributed by atoms with Crippen molar-refractivity contribution in [2.45, 2.75) is 38.3 Å². The number of cyclic esters (lactones) is 1. The monoisotopic (exact) mass is 402 g/mol. The van der Waals surface area contributed by atoms with Gasteiger partial charge in [0, 0.05) is 11.1 Å². The Bertz CT molecular complexity index is 981. The molecule has 4 rings (SSSR count). The standard InChI is InChI=1S/C21H22O8/c1-10-6-11-8-27-20(24)15-14(29-16(11)13(22)7-10)5-4-12(17(15)26-3)18-19(23)21(2,25)9-28-18/h4-7,18-19,22-23,25H,8-9H2,1-3H3/t18-,19-,21+/m0/s1. The average Bonchev–Trinajstić information content (AvgIpc) is 2.93. The largest absolute Gasteiger partial charge is 0.504 e. The molecule has 3 atom stereocenters. The average molecular weight is 402 g/mol. The third kappa shape index (κ3) is 3.19. The number of aryl methyl sites for hydroxylation is 1. The van der Waals surface area contributed by atoms with Gasteiger partial charge in [-0.1, -0.05) is 0 Å². The Hall–Kier alpha value is -2.81. The molecule has 154 valence electrons. The van der Waals surface area contributed by atoms with Crippen LogP contribution in [0.4, 0.5) is 0 Å². The van der Waals surface area contributed by atoms with E-state index in [2.05, 4.69) is 0 Å². The predicted molar refractivity (Wildman–Crippen MR) is 100 cm³/mol. The number of benzene rings is 2. The molecule has 0 spiro atoms. The zero-order chi connectivity index (χ0) is 20.9. The second-order valence-corrected chi connectivity index (χ2v) is 7.55. The van der Waals surface area contributed by atoms with E-state index in [9.17, 15) is 20.1 Å². The van der Waals surface area contributed by atoms with Crippen molar-refractivity contribution in [3.05, 3.63) is 46.5 Å². The zero-order valence-corrected chi connectivity index (χ0v) is 16.3. The maximum Gasteiger partial charge on any atom is 0.346 e. The van der Waals surface area contributed by atoms with Gasteiger partial charge >= 0.3 is 5.97 Å². The molecule has 0 aliphatic carbocycles. The van der Waals surface area contributed by atoms with Gasteiger partial charge in [0.1, 0.15) is 41.5 Å². The smallest absolute Gasteiger partial charge is 0.346 e. The summed E-state index contributed by atoms with van der Waals surface area (Å²) in [5.74, 6) is -0.305. The van der Waals surface area contributed by atoms with Crippen LogP contribution in [-0.4, -0.2) is 46.7 Å². The molecule has 29 heavy (non-hydrogen) atoms. The molecule has 8 heteroatoms. The van der Waals surface area contributed by atoms with E-state index < -0.39 is 23.8 Å². The number of aliphatic hydroxyl groups excluding tert-OH is 1. The molecule has 8 nitrogen and oxygen atoms in total. The van der Waals surface area contributed by atoms with Gasteiger partial charge in [-0.3, -0.25) is 0 Å². The third-order valence-electron chi connectivity index (χ3n) is 5.21. The van der Waals surface area contributed by atoms with Crippen molar-refractivity contribution >= 4 is 5.97 Å². The number of phenolic OH excluding ortho intramolecular Hbond substituents is 1. The molecule has 2 aliphatic rings. The summed E-state index contributed by atoms with van der Waals surface area (Å²) < 4.78 is 22.3. The van der Waals surface area contributed by atoms with E-state index in [4.69, 9.17) is 18.9 Å². The van der Waals surface area contributed by atoms with Gasteiger partial charge in [0.2, 0.25) is 0 Å². The van der Waals surface area contributed by atoms with Crippen molar-refractivity contribution in [3.8, 4) is 23.0 Å². The first-order valence-corrected chi connectivity index (χ1v) is 9.13. The van der Waals surface area contributed by atoms with E-state index in [-0.39, 0.29) is 41.8 Å². The molecule has 3 N–H and O–H groups in total. The number of aliphatic hydroxyl groups is 2. The van der Waals surface area contributed by atoms with Crippen LogP contribution in [0.2, 0.25) is 0 Å². The number of fused-ring (bicyclic) bond motifs is 2. The topological polar surface area (TPSA) is 115 Å². The number of hydrogen-bond donors (Lipinski definition) is 3. The van der Waals surface area contributed by atoms with Crippen molar-refractivity contribution in [3.63, 3.8) is 0 Å². The predicted octanol–water partition coefficient (Wildman–Crippen LogP) is 2.36. The lowest BCUT2D eigenvalue weighted by Gasteiger charge is -2.25. The molecule has 0 radical (unpaired) electrons. The number of methoxy groups -OCH3 is 1. The summed E-state index contributed by atoms with van der Waals surface area (Å²) in [6, 6.07) is 6.43. The lowest BCUT2D eigenvalue weighted by atomic mass is 9.93. The van der Waals surface area contributed by atoms with Crippen LogP contribution in [-0.2, 0) is 16.1 Å². The van der Waals surface area contributed by atoms with Crippen LogP contribution in [0, 0.1) is 6.92 Å². The number of aromatic hydroxyl groups is 1. The first-order chi connectivity index (χ1) is 13.7. The van der Waals surface area contributed by atoms with Crippen LogP contribution in [0.3, 0.4) is 0 Å². The Labute approximate surface area is 167 Å². The van der Waals surface area contributed by atoms with Crippen molar-refractivity contribution in [2.24, 2.45) is 0 Å². The molecular formula is C21H22O8. The summed E-state index contributed by atoms with van der Waals surface area (Å²) in [5.41, 5.74) is 0.299. The highest BCUT2D eigenvalue weighted by molar-refractivity contribution is 5.96. The Morgan fingerprint density at radius 2 is 2.03 bits per heavy atom. The summed E-state index contributed by atoms with van der Waals surface area (Å²) in [6.07, 6.45) is -2.11. The normalized spacial score (nSPS) is 25.9. The highest BCUT2D eigenvalue weighted by atomic mass is 16.6. The number of carbonyl (C=O) groups excluding carboxylic acids is 1. The molecule has 2 aromatic carbocycles. The van der Waals surface area contributed by atoms with Crippen LogP contribution < -0.4 is 9.47 Å². The quantitative estimate of drug-likeness (QED) is 0.656. The second-order valence-electron chi connectivity index (χ2n) is 7.55. The van der Waals surface area contributed by atoms with Gasteiger partial charge in [0.05, 0.1) is 13.7 Å². The molecule has 1 fully saturated rings. The minimum Gasteiger partial charge on any atom is -0.504 e. The van der Waals surface area contributed by atoms with Crippen molar-refractivity contribution in [1.29, 1.82) is 0 Å².